The third-order valence-electron chi connectivity index (χ3n) is 6.05. The van der Waals surface area contributed by atoms with E-state index in [-0.39, 0.29) is 5.75 Å². The van der Waals surface area contributed by atoms with Gasteiger partial charge in [0.25, 0.3) is 5.91 Å². The summed E-state index contributed by atoms with van der Waals surface area (Å²) < 4.78 is 2.22. The van der Waals surface area contributed by atoms with Crippen molar-refractivity contribution in [2.24, 2.45) is 5.73 Å². The monoisotopic (exact) mass is 424 g/mol. The number of primary amides is 1. The first kappa shape index (κ1) is 21.4. The summed E-state index contributed by atoms with van der Waals surface area (Å²) in [6.07, 6.45) is 1.59. The Morgan fingerprint density at radius 1 is 0.875 bits per heavy atom. The van der Waals surface area contributed by atoms with Gasteiger partial charge < -0.3 is 15.4 Å². The molecule has 0 spiro atoms. The molecule has 0 radical (unpaired) electrons. The Hall–Kier alpha value is -3.79. The number of nitrogens with two attached hydrogens (primary N) is 1. The second-order valence-corrected chi connectivity index (χ2v) is 8.01. The zero-order valence-corrected chi connectivity index (χ0v) is 18.5. The van der Waals surface area contributed by atoms with E-state index < -0.39 is 5.91 Å². The molecule has 4 heteroatoms. The molecule has 1 amide bonds. The fourth-order valence-corrected chi connectivity index (χ4v) is 4.44. The maximum Gasteiger partial charge on any atom is 0.251 e. The SMILES string of the molecule is CCc1c(-c2ccc(-c3ccccc3)cc2)c(C(N)=O)c(C)n1CCc1ccc(O)cc1. The van der Waals surface area contributed by atoms with E-state index in [1.807, 2.05) is 37.3 Å². The number of hydrogen-bond donors (Lipinski definition) is 2. The van der Waals surface area contributed by atoms with E-state index in [1.165, 1.54) is 0 Å². The van der Waals surface area contributed by atoms with Gasteiger partial charge in [-0.2, -0.15) is 0 Å². The third-order valence-corrected chi connectivity index (χ3v) is 6.05. The lowest BCUT2D eigenvalue weighted by molar-refractivity contribution is 0.1000. The maximum absolute atomic E-state index is 12.5. The van der Waals surface area contributed by atoms with E-state index in [1.54, 1.807) is 12.1 Å². The first-order valence-corrected chi connectivity index (χ1v) is 10.9. The minimum absolute atomic E-state index is 0.261. The molecule has 0 atom stereocenters. The van der Waals surface area contributed by atoms with E-state index in [0.717, 1.165) is 58.6 Å². The Labute approximate surface area is 189 Å². The molecule has 0 aliphatic heterocycles. The van der Waals surface area contributed by atoms with Crippen molar-refractivity contribution < 1.29 is 9.90 Å². The number of nitrogens with zero attached hydrogens (tertiary/aromatic N) is 1. The Kier molecular flexibility index (Phi) is 6.13. The Bertz CT molecular complexity index is 1220. The zero-order chi connectivity index (χ0) is 22.7. The molecule has 0 saturated carbocycles. The molecule has 1 aromatic heterocycles. The Morgan fingerprint density at radius 2 is 1.47 bits per heavy atom. The number of carbonyl (C=O) groups excluding carboxylic acids is 1. The number of phenolic OH excluding ortho intramolecular Hbond substituents is 1. The van der Waals surface area contributed by atoms with Gasteiger partial charge in [0, 0.05) is 23.5 Å². The summed E-state index contributed by atoms with van der Waals surface area (Å²) in [4.78, 5) is 12.5. The number of aromatic hydroxyl groups is 1. The standard InChI is InChI=1S/C28H28N2O2/c1-3-25-27(23-13-11-22(12-14-23)21-7-5-4-6-8-21)26(28(29)32)19(2)30(25)18-17-20-9-15-24(31)16-10-20/h4-16,31H,3,17-18H2,1-2H3,(H2,29,32). The molecule has 1 heterocycles. The number of rotatable bonds is 7. The first-order valence-electron chi connectivity index (χ1n) is 10.9. The van der Waals surface area contributed by atoms with E-state index in [0.29, 0.717) is 5.56 Å². The fourth-order valence-electron chi connectivity index (χ4n) is 4.44. The molecule has 0 fully saturated rings. The first-order chi connectivity index (χ1) is 15.5. The molecule has 4 nitrogen and oxygen atoms in total. The van der Waals surface area contributed by atoms with Crippen LogP contribution in [0.5, 0.6) is 5.75 Å². The smallest absolute Gasteiger partial charge is 0.251 e. The van der Waals surface area contributed by atoms with Gasteiger partial charge in [0.05, 0.1) is 5.56 Å². The Morgan fingerprint density at radius 3 is 2.06 bits per heavy atom. The number of carbonyl (C=O) groups is 1. The van der Waals surface area contributed by atoms with Gasteiger partial charge in [-0.3, -0.25) is 4.79 Å². The fraction of sp³-hybridized carbons (Fsp3) is 0.179. The highest BCUT2D eigenvalue weighted by molar-refractivity contribution is 6.02. The van der Waals surface area contributed by atoms with Crippen LogP contribution in [0.1, 0.15) is 34.2 Å². The summed E-state index contributed by atoms with van der Waals surface area (Å²) in [5.74, 6) is -0.139. The van der Waals surface area contributed by atoms with Gasteiger partial charge in [0.1, 0.15) is 5.75 Å². The van der Waals surface area contributed by atoms with Crippen LogP contribution in [-0.2, 0) is 19.4 Å². The zero-order valence-electron chi connectivity index (χ0n) is 18.5. The van der Waals surface area contributed by atoms with Crippen LogP contribution < -0.4 is 5.73 Å². The predicted octanol–water partition coefficient (Wildman–Crippen LogP) is 5.74. The molecule has 0 aliphatic carbocycles. The van der Waals surface area contributed by atoms with Crippen molar-refractivity contribution in [3.8, 4) is 28.0 Å². The van der Waals surface area contributed by atoms with Crippen molar-refractivity contribution in [2.75, 3.05) is 0 Å². The average molecular weight is 425 g/mol. The lowest BCUT2D eigenvalue weighted by Crippen LogP contribution is -2.14. The van der Waals surface area contributed by atoms with Crippen LogP contribution in [0.4, 0.5) is 0 Å². The number of aryl methyl sites for hydroxylation is 1. The predicted molar refractivity (Wildman–Crippen MR) is 130 cm³/mol. The largest absolute Gasteiger partial charge is 0.508 e. The van der Waals surface area contributed by atoms with Gasteiger partial charge >= 0.3 is 0 Å². The van der Waals surface area contributed by atoms with Crippen LogP contribution in [0.2, 0.25) is 0 Å². The number of aromatic nitrogens is 1. The summed E-state index contributed by atoms with van der Waals surface area (Å²) >= 11 is 0. The highest BCUT2D eigenvalue weighted by atomic mass is 16.3. The lowest BCUT2D eigenvalue weighted by Gasteiger charge is -2.12. The quantitative estimate of drug-likeness (QED) is 0.397. The number of phenols is 1. The van der Waals surface area contributed by atoms with E-state index in [9.17, 15) is 9.90 Å². The molecular formula is C28H28N2O2. The lowest BCUT2D eigenvalue weighted by atomic mass is 9.96. The van der Waals surface area contributed by atoms with E-state index >= 15 is 0 Å². The maximum atomic E-state index is 12.5. The molecule has 4 aromatic rings. The van der Waals surface area contributed by atoms with Crippen molar-refractivity contribution in [1.29, 1.82) is 0 Å². The van der Waals surface area contributed by atoms with Crippen molar-refractivity contribution in [1.82, 2.24) is 4.57 Å². The summed E-state index contributed by atoms with van der Waals surface area (Å²) in [5.41, 5.74) is 13.8. The Balaban J connectivity index is 1.73. The summed E-state index contributed by atoms with van der Waals surface area (Å²) in [5, 5.41) is 9.53. The van der Waals surface area contributed by atoms with Gasteiger partial charge in [-0.05, 0) is 54.2 Å². The van der Waals surface area contributed by atoms with Crippen molar-refractivity contribution in [3.05, 3.63) is 101 Å². The molecule has 3 aromatic carbocycles. The number of amides is 1. The van der Waals surface area contributed by atoms with E-state index in [2.05, 4.69) is 47.9 Å². The molecule has 0 saturated heterocycles. The number of benzene rings is 3. The van der Waals surface area contributed by atoms with Crippen molar-refractivity contribution in [2.45, 2.75) is 33.2 Å². The molecule has 0 bridgehead atoms. The van der Waals surface area contributed by atoms with Gasteiger partial charge in [-0.1, -0.05) is 73.7 Å². The van der Waals surface area contributed by atoms with Gasteiger partial charge in [0.2, 0.25) is 0 Å². The molecule has 162 valence electrons. The minimum atomic E-state index is -0.400. The average Bonchev–Trinajstić information content (AvgIpc) is 3.11. The normalized spacial score (nSPS) is 10.9. The molecule has 4 rings (SSSR count). The summed E-state index contributed by atoms with van der Waals surface area (Å²) in [6.45, 7) is 4.82. The molecule has 3 N–H and O–H groups in total. The molecule has 0 unspecified atom stereocenters. The second-order valence-electron chi connectivity index (χ2n) is 8.01. The second kappa shape index (κ2) is 9.15. The van der Waals surface area contributed by atoms with Crippen LogP contribution in [0.15, 0.2) is 78.9 Å². The summed E-state index contributed by atoms with van der Waals surface area (Å²) in [7, 11) is 0. The highest BCUT2D eigenvalue weighted by Crippen LogP contribution is 2.34. The summed E-state index contributed by atoms with van der Waals surface area (Å²) in [6, 6.07) is 25.8. The molecule has 0 aliphatic rings. The third kappa shape index (κ3) is 4.17. The van der Waals surface area contributed by atoms with Crippen molar-refractivity contribution >= 4 is 5.91 Å². The van der Waals surface area contributed by atoms with Gasteiger partial charge in [0.15, 0.2) is 0 Å². The van der Waals surface area contributed by atoms with Crippen LogP contribution >= 0.6 is 0 Å². The van der Waals surface area contributed by atoms with Crippen LogP contribution in [-0.4, -0.2) is 15.6 Å². The highest BCUT2D eigenvalue weighted by Gasteiger charge is 2.23. The number of hydrogen-bond acceptors (Lipinski definition) is 2. The van der Waals surface area contributed by atoms with Crippen molar-refractivity contribution in [3.63, 3.8) is 0 Å². The van der Waals surface area contributed by atoms with Crippen LogP contribution in [0.3, 0.4) is 0 Å². The minimum Gasteiger partial charge on any atom is -0.508 e. The topological polar surface area (TPSA) is 68.2 Å². The molecule has 32 heavy (non-hydrogen) atoms. The van der Waals surface area contributed by atoms with Crippen LogP contribution in [0.25, 0.3) is 22.3 Å². The van der Waals surface area contributed by atoms with Gasteiger partial charge in [-0.15, -0.1) is 0 Å². The molecular weight excluding hydrogens is 396 g/mol. The van der Waals surface area contributed by atoms with E-state index in [4.69, 9.17) is 5.73 Å². The van der Waals surface area contributed by atoms with Crippen LogP contribution in [0, 0.1) is 6.92 Å². The van der Waals surface area contributed by atoms with Gasteiger partial charge in [-0.25, -0.2) is 0 Å².